The van der Waals surface area contributed by atoms with Gasteiger partial charge in [-0.1, -0.05) is 43.3 Å². The maximum absolute atomic E-state index is 5.52. The predicted molar refractivity (Wildman–Crippen MR) is 67.4 cm³/mol. The second kappa shape index (κ2) is 7.49. The predicted octanol–water partition coefficient (Wildman–Crippen LogP) is 3.13. The van der Waals surface area contributed by atoms with Gasteiger partial charge in [-0.05, 0) is 17.5 Å². The van der Waals surface area contributed by atoms with E-state index in [2.05, 4.69) is 36.5 Å². The number of hydrogen-bond acceptors (Lipinski definition) is 1. The highest BCUT2D eigenvalue weighted by atomic mass is 35.5. The van der Waals surface area contributed by atoms with Crippen LogP contribution in [0, 0.1) is 0 Å². The number of aryl methyl sites for hydroxylation is 1. The number of allylic oxidation sites excluding steroid dienone is 1. The normalized spacial score (nSPS) is 11.1. The van der Waals surface area contributed by atoms with Crippen LogP contribution in [0.3, 0.4) is 0 Å². The van der Waals surface area contributed by atoms with Crippen molar-refractivity contribution in [3.05, 3.63) is 47.5 Å². The average molecular weight is 224 g/mol. The number of rotatable bonds is 6. The molecule has 0 saturated heterocycles. The summed E-state index contributed by atoms with van der Waals surface area (Å²) in [5.74, 6) is 0.590. The summed E-state index contributed by atoms with van der Waals surface area (Å²) in [4.78, 5) is 0. The van der Waals surface area contributed by atoms with Gasteiger partial charge in [0.1, 0.15) is 0 Å². The molecule has 0 saturated carbocycles. The van der Waals surface area contributed by atoms with Crippen LogP contribution >= 0.6 is 11.6 Å². The molecule has 1 aromatic rings. The molecule has 0 amide bonds. The average Bonchev–Trinajstić information content (AvgIpc) is 2.30. The molecule has 0 bridgehead atoms. The van der Waals surface area contributed by atoms with E-state index in [4.69, 9.17) is 11.6 Å². The van der Waals surface area contributed by atoms with Crippen LogP contribution in [0.25, 0.3) is 0 Å². The lowest BCUT2D eigenvalue weighted by Crippen LogP contribution is -2.12. The van der Waals surface area contributed by atoms with Gasteiger partial charge in [0, 0.05) is 19.0 Å². The van der Waals surface area contributed by atoms with Gasteiger partial charge in [-0.15, -0.1) is 11.6 Å². The van der Waals surface area contributed by atoms with Crippen molar-refractivity contribution in [1.29, 1.82) is 0 Å². The Bertz CT molecular complexity index is 290. The van der Waals surface area contributed by atoms with Gasteiger partial charge in [-0.2, -0.15) is 0 Å². The fourth-order valence-electron chi connectivity index (χ4n) is 1.34. The van der Waals surface area contributed by atoms with Gasteiger partial charge in [-0.25, -0.2) is 0 Å². The third-order valence-electron chi connectivity index (χ3n) is 2.28. The molecule has 0 atom stereocenters. The Labute approximate surface area is 97.1 Å². The molecule has 1 rings (SSSR count). The Hall–Kier alpha value is -0.790. The number of halogens is 1. The molecule has 2 heteroatoms. The number of hydrogen-bond donors (Lipinski definition) is 1. The first kappa shape index (κ1) is 12.3. The van der Waals surface area contributed by atoms with Gasteiger partial charge >= 0.3 is 0 Å². The van der Waals surface area contributed by atoms with Gasteiger partial charge in [-0.3, -0.25) is 0 Å². The summed E-state index contributed by atoms with van der Waals surface area (Å²) in [6, 6.07) is 8.73. The molecule has 0 heterocycles. The summed E-state index contributed by atoms with van der Waals surface area (Å²) in [5.41, 5.74) is 2.72. The smallest absolute Gasteiger partial charge is 0.0404 e. The van der Waals surface area contributed by atoms with Crippen LogP contribution in [-0.2, 0) is 13.0 Å². The number of alkyl halides is 1. The van der Waals surface area contributed by atoms with Crippen LogP contribution in [0.4, 0.5) is 0 Å². The minimum Gasteiger partial charge on any atom is -0.309 e. The summed E-state index contributed by atoms with van der Waals surface area (Å²) in [6.45, 7) is 3.96. The highest BCUT2D eigenvalue weighted by Gasteiger charge is 1.91. The minimum atomic E-state index is 0.590. The first-order chi connectivity index (χ1) is 7.36. The maximum atomic E-state index is 5.52. The zero-order valence-electron chi connectivity index (χ0n) is 9.17. The second-order valence-corrected chi connectivity index (χ2v) is 3.74. The number of benzene rings is 1. The van der Waals surface area contributed by atoms with Crippen molar-refractivity contribution in [3.8, 4) is 0 Å². The molecule has 0 aliphatic rings. The molecular weight excluding hydrogens is 206 g/mol. The van der Waals surface area contributed by atoms with E-state index in [9.17, 15) is 0 Å². The highest BCUT2D eigenvalue weighted by molar-refractivity contribution is 6.18. The van der Waals surface area contributed by atoms with Gasteiger partial charge in [0.25, 0.3) is 0 Å². The van der Waals surface area contributed by atoms with Crippen LogP contribution in [0.5, 0.6) is 0 Å². The Balaban J connectivity index is 2.28. The Kier molecular flexibility index (Phi) is 6.14. The molecule has 0 aromatic heterocycles. The first-order valence-corrected chi connectivity index (χ1v) is 5.89. The van der Waals surface area contributed by atoms with E-state index in [0.29, 0.717) is 5.88 Å². The molecule has 1 aromatic carbocycles. The van der Waals surface area contributed by atoms with Crippen molar-refractivity contribution < 1.29 is 0 Å². The van der Waals surface area contributed by atoms with Gasteiger partial charge < -0.3 is 5.32 Å². The van der Waals surface area contributed by atoms with Crippen LogP contribution in [0.15, 0.2) is 36.4 Å². The van der Waals surface area contributed by atoms with E-state index in [1.54, 1.807) is 0 Å². The molecule has 0 radical (unpaired) electrons. The van der Waals surface area contributed by atoms with Crippen molar-refractivity contribution in [2.75, 3.05) is 12.4 Å². The monoisotopic (exact) mass is 223 g/mol. The Morgan fingerprint density at radius 3 is 2.40 bits per heavy atom. The largest absolute Gasteiger partial charge is 0.309 e. The molecule has 0 aliphatic heterocycles. The summed E-state index contributed by atoms with van der Waals surface area (Å²) in [5, 5.41) is 3.33. The topological polar surface area (TPSA) is 12.0 Å². The second-order valence-electron chi connectivity index (χ2n) is 3.43. The van der Waals surface area contributed by atoms with Gasteiger partial charge in [0.05, 0.1) is 0 Å². The molecule has 0 unspecified atom stereocenters. The third-order valence-corrected chi connectivity index (χ3v) is 2.46. The molecule has 0 spiro atoms. The third kappa shape index (κ3) is 5.01. The van der Waals surface area contributed by atoms with Gasteiger partial charge in [0.2, 0.25) is 0 Å². The van der Waals surface area contributed by atoms with E-state index < -0.39 is 0 Å². The molecular formula is C13H18ClN. The molecule has 15 heavy (non-hydrogen) atoms. The maximum Gasteiger partial charge on any atom is 0.0404 e. The molecule has 0 aliphatic carbocycles. The van der Waals surface area contributed by atoms with E-state index in [1.165, 1.54) is 11.1 Å². The van der Waals surface area contributed by atoms with E-state index in [0.717, 1.165) is 19.5 Å². The van der Waals surface area contributed by atoms with E-state index >= 15 is 0 Å². The lowest BCUT2D eigenvalue weighted by molar-refractivity contribution is 0.759. The van der Waals surface area contributed by atoms with E-state index in [-0.39, 0.29) is 0 Å². The van der Waals surface area contributed by atoms with Crippen LogP contribution in [0.1, 0.15) is 18.1 Å². The summed E-state index contributed by atoms with van der Waals surface area (Å²) in [7, 11) is 0. The SMILES string of the molecule is CCc1ccc(CNC/C=C/CCl)cc1. The lowest BCUT2D eigenvalue weighted by atomic mass is 10.1. The van der Waals surface area contributed by atoms with Crippen molar-refractivity contribution in [2.45, 2.75) is 19.9 Å². The van der Waals surface area contributed by atoms with Crippen molar-refractivity contribution in [2.24, 2.45) is 0 Å². The van der Waals surface area contributed by atoms with Crippen molar-refractivity contribution in [1.82, 2.24) is 5.32 Å². The molecule has 82 valence electrons. The standard InChI is InChI=1S/C13H18ClN/c1-2-12-5-7-13(8-6-12)11-15-10-4-3-9-14/h3-8,15H,2,9-11H2,1H3/b4-3+. The van der Waals surface area contributed by atoms with Crippen LogP contribution in [-0.4, -0.2) is 12.4 Å². The minimum absolute atomic E-state index is 0.590. The first-order valence-electron chi connectivity index (χ1n) is 5.36. The fourth-order valence-corrected chi connectivity index (χ4v) is 1.46. The van der Waals surface area contributed by atoms with Crippen molar-refractivity contribution >= 4 is 11.6 Å². The Morgan fingerprint density at radius 2 is 1.80 bits per heavy atom. The zero-order chi connectivity index (χ0) is 10.9. The van der Waals surface area contributed by atoms with Gasteiger partial charge in [0.15, 0.2) is 0 Å². The Morgan fingerprint density at radius 1 is 1.13 bits per heavy atom. The number of nitrogens with one attached hydrogen (secondary N) is 1. The highest BCUT2D eigenvalue weighted by Crippen LogP contribution is 2.04. The van der Waals surface area contributed by atoms with Crippen molar-refractivity contribution in [3.63, 3.8) is 0 Å². The molecule has 0 fully saturated rings. The van der Waals surface area contributed by atoms with Crippen LogP contribution < -0.4 is 5.32 Å². The van der Waals surface area contributed by atoms with E-state index in [1.807, 2.05) is 12.2 Å². The molecule has 1 N–H and O–H groups in total. The summed E-state index contributed by atoms with van der Waals surface area (Å²) < 4.78 is 0. The fraction of sp³-hybridized carbons (Fsp3) is 0.385. The summed E-state index contributed by atoms with van der Waals surface area (Å²) >= 11 is 5.52. The lowest BCUT2D eigenvalue weighted by Gasteiger charge is -2.03. The zero-order valence-corrected chi connectivity index (χ0v) is 9.93. The molecule has 1 nitrogen and oxygen atoms in total. The quantitative estimate of drug-likeness (QED) is 0.444. The summed E-state index contributed by atoms with van der Waals surface area (Å²) in [6.07, 6.45) is 5.11. The van der Waals surface area contributed by atoms with Crippen LogP contribution in [0.2, 0.25) is 0 Å².